The molecule has 102 valence electrons. The Morgan fingerprint density at radius 1 is 1.05 bits per heavy atom. The van der Waals surface area contributed by atoms with Gasteiger partial charge in [-0.1, -0.05) is 32.0 Å². The average Bonchev–Trinajstić information content (AvgIpc) is 2.79. The molecule has 0 atom stereocenters. The van der Waals surface area contributed by atoms with Gasteiger partial charge in [0.15, 0.2) is 0 Å². The quantitative estimate of drug-likeness (QED) is 0.864. The SMILES string of the molecule is Cc1ccc(Cn2ccc(CNC(C)C)c2)cc1C. The van der Waals surface area contributed by atoms with E-state index < -0.39 is 0 Å². The summed E-state index contributed by atoms with van der Waals surface area (Å²) >= 11 is 0. The molecular formula is C17H24N2. The van der Waals surface area contributed by atoms with E-state index >= 15 is 0 Å². The van der Waals surface area contributed by atoms with E-state index in [-0.39, 0.29) is 0 Å². The Balaban J connectivity index is 2.01. The van der Waals surface area contributed by atoms with Crippen LogP contribution in [0, 0.1) is 13.8 Å². The molecule has 0 saturated heterocycles. The van der Waals surface area contributed by atoms with Crippen molar-refractivity contribution in [3.63, 3.8) is 0 Å². The van der Waals surface area contributed by atoms with Crippen LogP contribution in [0.15, 0.2) is 36.7 Å². The van der Waals surface area contributed by atoms with Crippen LogP contribution in [0.3, 0.4) is 0 Å². The number of benzene rings is 1. The van der Waals surface area contributed by atoms with Crippen molar-refractivity contribution >= 4 is 0 Å². The first-order valence-electron chi connectivity index (χ1n) is 6.99. The van der Waals surface area contributed by atoms with Gasteiger partial charge in [-0.3, -0.25) is 0 Å². The molecule has 0 spiro atoms. The van der Waals surface area contributed by atoms with Gasteiger partial charge in [0, 0.05) is 31.5 Å². The molecule has 0 amide bonds. The highest BCUT2D eigenvalue weighted by molar-refractivity contribution is 5.30. The van der Waals surface area contributed by atoms with Crippen molar-refractivity contribution in [2.45, 2.75) is 46.8 Å². The summed E-state index contributed by atoms with van der Waals surface area (Å²) in [6.45, 7) is 10.6. The first-order valence-corrected chi connectivity index (χ1v) is 6.99. The van der Waals surface area contributed by atoms with Crippen LogP contribution in [0.1, 0.15) is 36.1 Å². The number of aryl methyl sites for hydroxylation is 2. The van der Waals surface area contributed by atoms with Crippen molar-refractivity contribution < 1.29 is 0 Å². The second-order valence-corrected chi connectivity index (χ2v) is 5.65. The minimum Gasteiger partial charge on any atom is -0.350 e. The third-order valence-corrected chi connectivity index (χ3v) is 3.46. The second kappa shape index (κ2) is 6.07. The summed E-state index contributed by atoms with van der Waals surface area (Å²) in [6, 6.07) is 9.42. The molecule has 0 aliphatic rings. The molecule has 1 aromatic heterocycles. The summed E-state index contributed by atoms with van der Waals surface area (Å²) in [5, 5.41) is 3.44. The fourth-order valence-electron chi connectivity index (χ4n) is 2.13. The van der Waals surface area contributed by atoms with Gasteiger partial charge in [0.25, 0.3) is 0 Å². The molecule has 0 aliphatic heterocycles. The fourth-order valence-corrected chi connectivity index (χ4v) is 2.13. The van der Waals surface area contributed by atoms with Crippen molar-refractivity contribution in [3.05, 3.63) is 58.9 Å². The van der Waals surface area contributed by atoms with Gasteiger partial charge in [-0.25, -0.2) is 0 Å². The minimum absolute atomic E-state index is 0.531. The molecule has 1 aromatic carbocycles. The number of rotatable bonds is 5. The summed E-state index contributed by atoms with van der Waals surface area (Å²) in [5.41, 5.74) is 5.43. The standard InChI is InChI=1S/C17H24N2/c1-13(2)18-10-17-7-8-19(12-17)11-16-6-5-14(3)15(4)9-16/h5-9,12-13,18H,10-11H2,1-4H3. The largest absolute Gasteiger partial charge is 0.350 e. The summed E-state index contributed by atoms with van der Waals surface area (Å²) < 4.78 is 2.25. The Morgan fingerprint density at radius 2 is 1.84 bits per heavy atom. The van der Waals surface area contributed by atoms with E-state index in [0.717, 1.165) is 13.1 Å². The minimum atomic E-state index is 0.531. The van der Waals surface area contributed by atoms with E-state index in [1.54, 1.807) is 0 Å². The van der Waals surface area contributed by atoms with Crippen LogP contribution >= 0.6 is 0 Å². The van der Waals surface area contributed by atoms with E-state index in [1.165, 1.54) is 22.3 Å². The summed E-state index contributed by atoms with van der Waals surface area (Å²) in [4.78, 5) is 0. The lowest BCUT2D eigenvalue weighted by Crippen LogP contribution is -2.21. The predicted octanol–water partition coefficient (Wildman–Crippen LogP) is 3.65. The highest BCUT2D eigenvalue weighted by atomic mass is 14.9. The van der Waals surface area contributed by atoms with Gasteiger partial charge in [-0.05, 0) is 42.2 Å². The second-order valence-electron chi connectivity index (χ2n) is 5.65. The van der Waals surface area contributed by atoms with Crippen molar-refractivity contribution in [2.24, 2.45) is 0 Å². The lowest BCUT2D eigenvalue weighted by molar-refractivity contribution is 0.588. The molecule has 0 unspecified atom stereocenters. The molecule has 2 nitrogen and oxygen atoms in total. The number of hydrogen-bond acceptors (Lipinski definition) is 1. The zero-order chi connectivity index (χ0) is 13.8. The van der Waals surface area contributed by atoms with Crippen LogP contribution in [0.2, 0.25) is 0 Å². The van der Waals surface area contributed by atoms with E-state index in [9.17, 15) is 0 Å². The molecule has 0 bridgehead atoms. The third-order valence-electron chi connectivity index (χ3n) is 3.46. The van der Waals surface area contributed by atoms with Crippen LogP contribution < -0.4 is 5.32 Å². The van der Waals surface area contributed by atoms with Crippen molar-refractivity contribution in [3.8, 4) is 0 Å². The topological polar surface area (TPSA) is 17.0 Å². The van der Waals surface area contributed by atoms with E-state index in [2.05, 4.69) is 74.2 Å². The fraction of sp³-hybridized carbons (Fsp3) is 0.412. The highest BCUT2D eigenvalue weighted by Gasteiger charge is 2.01. The van der Waals surface area contributed by atoms with Crippen LogP contribution in [0.4, 0.5) is 0 Å². The smallest absolute Gasteiger partial charge is 0.0470 e. The first-order chi connectivity index (χ1) is 9.04. The summed E-state index contributed by atoms with van der Waals surface area (Å²) in [6.07, 6.45) is 4.39. The molecule has 1 heterocycles. The van der Waals surface area contributed by atoms with E-state index in [0.29, 0.717) is 6.04 Å². The summed E-state index contributed by atoms with van der Waals surface area (Å²) in [5.74, 6) is 0. The maximum atomic E-state index is 3.44. The summed E-state index contributed by atoms with van der Waals surface area (Å²) in [7, 11) is 0. The van der Waals surface area contributed by atoms with Crippen LogP contribution in [0.25, 0.3) is 0 Å². The van der Waals surface area contributed by atoms with E-state index in [4.69, 9.17) is 0 Å². The van der Waals surface area contributed by atoms with Crippen LogP contribution in [0.5, 0.6) is 0 Å². The molecule has 19 heavy (non-hydrogen) atoms. The highest BCUT2D eigenvalue weighted by Crippen LogP contribution is 2.12. The van der Waals surface area contributed by atoms with Gasteiger partial charge in [0.05, 0.1) is 0 Å². The average molecular weight is 256 g/mol. The van der Waals surface area contributed by atoms with Gasteiger partial charge in [-0.2, -0.15) is 0 Å². The number of hydrogen-bond donors (Lipinski definition) is 1. The van der Waals surface area contributed by atoms with Crippen LogP contribution in [-0.2, 0) is 13.1 Å². The molecule has 2 rings (SSSR count). The molecule has 2 heteroatoms. The third kappa shape index (κ3) is 3.97. The maximum Gasteiger partial charge on any atom is 0.0470 e. The van der Waals surface area contributed by atoms with Gasteiger partial charge in [0.1, 0.15) is 0 Å². The number of aromatic nitrogens is 1. The van der Waals surface area contributed by atoms with Crippen molar-refractivity contribution in [1.82, 2.24) is 9.88 Å². The van der Waals surface area contributed by atoms with Crippen LogP contribution in [-0.4, -0.2) is 10.6 Å². The predicted molar refractivity (Wildman–Crippen MR) is 81.4 cm³/mol. The van der Waals surface area contributed by atoms with Gasteiger partial charge in [0.2, 0.25) is 0 Å². The molecule has 0 fully saturated rings. The molecule has 0 radical (unpaired) electrons. The number of nitrogens with one attached hydrogen (secondary N) is 1. The first kappa shape index (κ1) is 13.9. The zero-order valence-electron chi connectivity index (χ0n) is 12.4. The van der Waals surface area contributed by atoms with Crippen molar-refractivity contribution in [2.75, 3.05) is 0 Å². The van der Waals surface area contributed by atoms with Gasteiger partial charge in [-0.15, -0.1) is 0 Å². The molecular weight excluding hydrogens is 232 g/mol. The number of nitrogens with zero attached hydrogens (tertiary/aromatic N) is 1. The Morgan fingerprint density at radius 3 is 2.53 bits per heavy atom. The molecule has 0 aliphatic carbocycles. The van der Waals surface area contributed by atoms with Gasteiger partial charge >= 0.3 is 0 Å². The molecule has 2 aromatic rings. The molecule has 1 N–H and O–H groups in total. The van der Waals surface area contributed by atoms with Crippen molar-refractivity contribution in [1.29, 1.82) is 0 Å². The Hall–Kier alpha value is -1.54. The van der Waals surface area contributed by atoms with Gasteiger partial charge < -0.3 is 9.88 Å². The molecule has 0 saturated carbocycles. The van der Waals surface area contributed by atoms with E-state index in [1.807, 2.05) is 0 Å². The Bertz CT molecular complexity index is 538. The lowest BCUT2D eigenvalue weighted by atomic mass is 10.1. The Kier molecular flexibility index (Phi) is 4.43. The maximum absolute atomic E-state index is 3.44. The monoisotopic (exact) mass is 256 g/mol. The zero-order valence-corrected chi connectivity index (χ0v) is 12.4. The lowest BCUT2D eigenvalue weighted by Gasteiger charge is -2.07. The normalized spacial score (nSPS) is 11.2. The Labute approximate surface area is 116 Å².